The molecule has 3 heteroatoms. The van der Waals surface area contributed by atoms with E-state index in [1.165, 1.54) is 19.3 Å². The Hall–Kier alpha value is -1.77. The lowest BCUT2D eigenvalue weighted by Gasteiger charge is -2.20. The molecule has 0 amide bonds. The Kier molecular flexibility index (Phi) is 3.51. The molecule has 1 fully saturated rings. The summed E-state index contributed by atoms with van der Waals surface area (Å²) >= 11 is 0. The van der Waals surface area contributed by atoms with E-state index in [4.69, 9.17) is 0 Å². The molecular weight excluding hydrogens is 248 g/mol. The normalized spacial score (nSPS) is 16.3. The van der Waals surface area contributed by atoms with Crippen LogP contribution in [0.2, 0.25) is 0 Å². The first kappa shape index (κ1) is 13.2. The van der Waals surface area contributed by atoms with E-state index in [-0.39, 0.29) is 5.56 Å². The molecule has 1 saturated carbocycles. The molecule has 3 nitrogen and oxygen atoms in total. The molecule has 0 bridgehead atoms. The van der Waals surface area contributed by atoms with Crippen LogP contribution in [-0.4, -0.2) is 10.6 Å². The van der Waals surface area contributed by atoms with Gasteiger partial charge in [0, 0.05) is 30.2 Å². The van der Waals surface area contributed by atoms with Gasteiger partial charge in [-0.05, 0) is 24.8 Å². The van der Waals surface area contributed by atoms with Crippen molar-refractivity contribution in [3.05, 3.63) is 40.7 Å². The number of hydrogen-bond donors (Lipinski definition) is 1. The molecule has 1 aliphatic rings. The first-order valence-corrected chi connectivity index (χ1v) is 7.54. The van der Waals surface area contributed by atoms with Gasteiger partial charge < -0.3 is 9.88 Å². The summed E-state index contributed by atoms with van der Waals surface area (Å²) in [5, 5.41) is 4.73. The maximum absolute atomic E-state index is 12.1. The fraction of sp³-hybridized carbons (Fsp3) is 0.471. The third kappa shape index (κ3) is 2.58. The Labute approximate surface area is 119 Å². The zero-order valence-corrected chi connectivity index (χ0v) is 12.2. The number of hydrogen-bond acceptors (Lipinski definition) is 2. The maximum atomic E-state index is 12.1. The van der Waals surface area contributed by atoms with Gasteiger partial charge in [-0.3, -0.25) is 4.79 Å². The molecule has 1 heterocycles. The zero-order valence-electron chi connectivity index (χ0n) is 12.2. The molecule has 1 N–H and O–H groups in total. The molecule has 3 rings (SSSR count). The van der Waals surface area contributed by atoms with Gasteiger partial charge in [0.15, 0.2) is 0 Å². The lowest BCUT2D eigenvalue weighted by Crippen LogP contribution is -2.23. The number of rotatable bonds is 5. The molecule has 1 aliphatic carbocycles. The van der Waals surface area contributed by atoms with Crippen molar-refractivity contribution in [3.63, 3.8) is 0 Å². The molecule has 0 spiro atoms. The number of para-hydroxylation sites is 1. The lowest BCUT2D eigenvalue weighted by atomic mass is 10.1. The number of aromatic nitrogens is 1. The minimum Gasteiger partial charge on any atom is -0.382 e. The van der Waals surface area contributed by atoms with Crippen LogP contribution in [0.5, 0.6) is 0 Å². The van der Waals surface area contributed by atoms with Crippen molar-refractivity contribution in [2.24, 2.45) is 13.0 Å². The van der Waals surface area contributed by atoms with Gasteiger partial charge in [0.25, 0.3) is 5.56 Å². The van der Waals surface area contributed by atoms with Crippen LogP contribution in [0, 0.1) is 5.92 Å². The van der Waals surface area contributed by atoms with Crippen molar-refractivity contribution < 1.29 is 0 Å². The van der Waals surface area contributed by atoms with Crippen LogP contribution in [0.3, 0.4) is 0 Å². The van der Waals surface area contributed by atoms with E-state index in [1.54, 1.807) is 10.6 Å². The fourth-order valence-electron chi connectivity index (χ4n) is 2.83. The Morgan fingerprint density at radius 1 is 1.35 bits per heavy atom. The topological polar surface area (TPSA) is 34.0 Å². The second-order valence-electron chi connectivity index (χ2n) is 5.90. The van der Waals surface area contributed by atoms with E-state index in [0.717, 1.165) is 28.9 Å². The van der Waals surface area contributed by atoms with Gasteiger partial charge >= 0.3 is 0 Å². The standard InChI is InChI=1S/C17H22N2O/c1-3-13(10-12-8-9-12)18-15-11-17(20)19(2)16-7-5-4-6-14(15)16/h4-7,11-13,18H,3,8-10H2,1-2H3. The molecule has 0 saturated heterocycles. The Morgan fingerprint density at radius 2 is 2.10 bits per heavy atom. The molecule has 20 heavy (non-hydrogen) atoms. The Bertz CT molecular complexity index is 670. The molecule has 106 valence electrons. The molecule has 0 radical (unpaired) electrons. The molecule has 1 aromatic carbocycles. The largest absolute Gasteiger partial charge is 0.382 e. The van der Waals surface area contributed by atoms with Crippen LogP contribution in [0.25, 0.3) is 10.9 Å². The van der Waals surface area contributed by atoms with Crippen LogP contribution >= 0.6 is 0 Å². The van der Waals surface area contributed by atoms with Gasteiger partial charge in [-0.15, -0.1) is 0 Å². The van der Waals surface area contributed by atoms with Crippen LogP contribution in [-0.2, 0) is 7.05 Å². The maximum Gasteiger partial charge on any atom is 0.252 e. The average molecular weight is 270 g/mol. The predicted octanol–water partition coefficient (Wildman–Crippen LogP) is 3.53. The van der Waals surface area contributed by atoms with Crippen molar-refractivity contribution in [1.82, 2.24) is 4.57 Å². The van der Waals surface area contributed by atoms with Crippen molar-refractivity contribution >= 4 is 16.6 Å². The third-order valence-electron chi connectivity index (χ3n) is 4.32. The molecule has 1 atom stereocenters. The van der Waals surface area contributed by atoms with Gasteiger partial charge in [-0.2, -0.15) is 0 Å². The lowest BCUT2D eigenvalue weighted by molar-refractivity contribution is 0.587. The van der Waals surface area contributed by atoms with Crippen LogP contribution in [0.15, 0.2) is 35.1 Å². The average Bonchev–Trinajstić information content (AvgIpc) is 3.27. The van der Waals surface area contributed by atoms with Gasteiger partial charge in [0.1, 0.15) is 0 Å². The smallest absolute Gasteiger partial charge is 0.252 e. The highest BCUT2D eigenvalue weighted by atomic mass is 16.1. The summed E-state index contributed by atoms with van der Waals surface area (Å²) in [7, 11) is 1.83. The predicted molar refractivity (Wildman–Crippen MR) is 84.2 cm³/mol. The van der Waals surface area contributed by atoms with E-state index >= 15 is 0 Å². The van der Waals surface area contributed by atoms with E-state index in [9.17, 15) is 4.79 Å². The molecule has 1 aromatic heterocycles. The summed E-state index contributed by atoms with van der Waals surface area (Å²) in [6.45, 7) is 2.21. The van der Waals surface area contributed by atoms with Crippen LogP contribution in [0.1, 0.15) is 32.6 Å². The molecular formula is C17H22N2O. The van der Waals surface area contributed by atoms with E-state index in [1.807, 2.05) is 25.2 Å². The third-order valence-corrected chi connectivity index (χ3v) is 4.32. The first-order chi connectivity index (χ1) is 9.69. The van der Waals surface area contributed by atoms with E-state index in [0.29, 0.717) is 6.04 Å². The monoisotopic (exact) mass is 270 g/mol. The van der Waals surface area contributed by atoms with E-state index in [2.05, 4.69) is 18.3 Å². The minimum absolute atomic E-state index is 0.0486. The van der Waals surface area contributed by atoms with Crippen molar-refractivity contribution in [2.75, 3.05) is 5.32 Å². The van der Waals surface area contributed by atoms with Crippen molar-refractivity contribution in [3.8, 4) is 0 Å². The van der Waals surface area contributed by atoms with Crippen molar-refractivity contribution in [1.29, 1.82) is 0 Å². The highest BCUT2D eigenvalue weighted by molar-refractivity contribution is 5.91. The molecule has 1 unspecified atom stereocenters. The fourth-order valence-corrected chi connectivity index (χ4v) is 2.83. The summed E-state index contributed by atoms with van der Waals surface area (Å²) < 4.78 is 1.71. The zero-order chi connectivity index (χ0) is 14.1. The van der Waals surface area contributed by atoms with Crippen LogP contribution < -0.4 is 10.9 Å². The second kappa shape index (κ2) is 5.31. The second-order valence-corrected chi connectivity index (χ2v) is 5.90. The minimum atomic E-state index is 0.0486. The first-order valence-electron chi connectivity index (χ1n) is 7.54. The van der Waals surface area contributed by atoms with Gasteiger partial charge in [-0.1, -0.05) is 38.0 Å². The highest BCUT2D eigenvalue weighted by Crippen LogP contribution is 2.35. The number of fused-ring (bicyclic) bond motifs is 1. The molecule has 0 aliphatic heterocycles. The number of benzene rings is 1. The summed E-state index contributed by atoms with van der Waals surface area (Å²) in [6.07, 6.45) is 5.06. The SMILES string of the molecule is CCC(CC1CC1)Nc1cc(=O)n(C)c2ccccc12. The van der Waals surface area contributed by atoms with Gasteiger partial charge in [0.05, 0.1) is 5.52 Å². The van der Waals surface area contributed by atoms with E-state index < -0.39 is 0 Å². The highest BCUT2D eigenvalue weighted by Gasteiger charge is 2.25. The van der Waals surface area contributed by atoms with Gasteiger partial charge in [-0.25, -0.2) is 0 Å². The van der Waals surface area contributed by atoms with Gasteiger partial charge in [0.2, 0.25) is 0 Å². The Balaban J connectivity index is 1.97. The number of aryl methyl sites for hydroxylation is 1. The summed E-state index contributed by atoms with van der Waals surface area (Å²) in [4.78, 5) is 12.1. The molecule has 2 aromatic rings. The Morgan fingerprint density at radius 3 is 2.80 bits per heavy atom. The quantitative estimate of drug-likeness (QED) is 0.902. The van der Waals surface area contributed by atoms with Crippen LogP contribution in [0.4, 0.5) is 5.69 Å². The summed E-state index contributed by atoms with van der Waals surface area (Å²) in [6, 6.07) is 10.3. The number of nitrogens with zero attached hydrogens (tertiary/aromatic N) is 1. The number of nitrogens with one attached hydrogen (secondary N) is 1. The number of pyridine rings is 1. The summed E-state index contributed by atoms with van der Waals surface area (Å²) in [5.41, 5.74) is 2.02. The summed E-state index contributed by atoms with van der Waals surface area (Å²) in [5.74, 6) is 0.894. The number of anilines is 1. The van der Waals surface area contributed by atoms with Crippen molar-refractivity contribution in [2.45, 2.75) is 38.6 Å².